The maximum Gasteiger partial charge on any atom is 0.165 e. The Hall–Kier alpha value is -1.09. The summed E-state index contributed by atoms with van der Waals surface area (Å²) >= 11 is 0. The largest absolute Gasteiger partial charge is 0.348 e. The van der Waals surface area contributed by atoms with Gasteiger partial charge in [-0.15, -0.1) is 0 Å². The molecule has 1 aromatic rings. The Morgan fingerprint density at radius 3 is 2.48 bits per heavy atom. The zero-order chi connectivity index (χ0) is 16.0. The summed E-state index contributed by atoms with van der Waals surface area (Å²) in [5.74, 6) is 0.313. The number of carbonyl (C=O) groups excluding carboxylic acids is 1. The molecule has 2 rings (SSSR count). The number of hydrogen-bond donors (Lipinski definition) is 0. The van der Waals surface area contributed by atoms with Crippen molar-refractivity contribution in [2.75, 3.05) is 20.6 Å². The van der Waals surface area contributed by atoms with Gasteiger partial charge in [-0.25, -0.2) is 0 Å². The van der Waals surface area contributed by atoms with Gasteiger partial charge in [0, 0.05) is 36.5 Å². The number of nitrogens with zero attached hydrogens (tertiary/aromatic N) is 2. The Bertz CT molecular complexity index is 550. The minimum atomic E-state index is 0.0817. The fraction of sp³-hybridized carbons (Fsp3) is 0.722. The first-order chi connectivity index (χ1) is 9.51. The number of carbonyl (C=O) groups is 1. The predicted molar refractivity (Wildman–Crippen MR) is 87.9 cm³/mol. The molecule has 0 bridgehead atoms. The Labute approximate surface area is 129 Å². The molecule has 0 unspecified atom stereocenters. The van der Waals surface area contributed by atoms with Crippen LogP contribution in [-0.4, -0.2) is 35.9 Å². The summed E-state index contributed by atoms with van der Waals surface area (Å²) in [6.07, 6.45) is 1.67. The third-order valence-electron chi connectivity index (χ3n) is 4.33. The van der Waals surface area contributed by atoms with Crippen molar-refractivity contribution in [3.63, 3.8) is 0 Å². The highest BCUT2D eigenvalue weighted by molar-refractivity contribution is 5.99. The van der Waals surface area contributed by atoms with Crippen LogP contribution in [0.1, 0.15) is 55.9 Å². The maximum atomic E-state index is 12.4. The number of aryl methyl sites for hydroxylation is 1. The lowest BCUT2D eigenvalue weighted by Crippen LogP contribution is -2.34. The van der Waals surface area contributed by atoms with E-state index in [2.05, 4.69) is 64.2 Å². The van der Waals surface area contributed by atoms with E-state index >= 15 is 0 Å². The molecule has 1 aromatic heterocycles. The van der Waals surface area contributed by atoms with E-state index in [4.69, 9.17) is 0 Å². The second kappa shape index (κ2) is 5.28. The minimum Gasteiger partial charge on any atom is -0.348 e. The van der Waals surface area contributed by atoms with Crippen LogP contribution < -0.4 is 0 Å². The number of aromatic nitrogens is 1. The minimum absolute atomic E-state index is 0.0817. The highest BCUT2D eigenvalue weighted by Crippen LogP contribution is 2.37. The molecule has 0 atom stereocenters. The molecule has 3 nitrogen and oxygen atoms in total. The topological polar surface area (TPSA) is 25.2 Å². The van der Waals surface area contributed by atoms with Crippen LogP contribution in [0.3, 0.4) is 0 Å². The van der Waals surface area contributed by atoms with E-state index in [1.54, 1.807) is 0 Å². The summed E-state index contributed by atoms with van der Waals surface area (Å²) in [5, 5.41) is 0. The lowest BCUT2D eigenvalue weighted by molar-refractivity contribution is 0.0908. The third-order valence-corrected chi connectivity index (χ3v) is 4.33. The second-order valence-electron chi connectivity index (χ2n) is 8.58. The zero-order valence-corrected chi connectivity index (χ0v) is 14.7. The van der Waals surface area contributed by atoms with Gasteiger partial charge in [-0.3, -0.25) is 4.79 Å². The Morgan fingerprint density at radius 1 is 1.29 bits per heavy atom. The van der Waals surface area contributed by atoms with Crippen molar-refractivity contribution < 1.29 is 4.79 Å². The molecule has 0 radical (unpaired) electrons. The molecule has 0 aliphatic heterocycles. The molecular formula is C18H30N2O. The molecule has 118 valence electrons. The van der Waals surface area contributed by atoms with Crippen LogP contribution in [0.25, 0.3) is 0 Å². The van der Waals surface area contributed by atoms with Crippen LogP contribution in [0.2, 0.25) is 0 Å². The van der Waals surface area contributed by atoms with Crippen molar-refractivity contribution in [3.05, 3.63) is 23.0 Å². The van der Waals surface area contributed by atoms with Gasteiger partial charge in [0.2, 0.25) is 0 Å². The number of fused-ring (bicyclic) bond motifs is 1. The molecule has 0 saturated carbocycles. The van der Waals surface area contributed by atoms with Crippen molar-refractivity contribution in [1.82, 2.24) is 9.47 Å². The Morgan fingerprint density at radius 2 is 1.90 bits per heavy atom. The summed E-state index contributed by atoms with van der Waals surface area (Å²) in [7, 11) is 4.23. The van der Waals surface area contributed by atoms with E-state index in [9.17, 15) is 4.79 Å². The van der Waals surface area contributed by atoms with Crippen LogP contribution in [0.5, 0.6) is 0 Å². The lowest BCUT2D eigenvalue weighted by Gasteiger charge is -2.33. The molecular weight excluding hydrogens is 260 g/mol. The maximum absolute atomic E-state index is 12.4. The van der Waals surface area contributed by atoms with Crippen LogP contribution in [-0.2, 0) is 13.0 Å². The highest BCUT2D eigenvalue weighted by atomic mass is 16.1. The van der Waals surface area contributed by atoms with Crippen LogP contribution in [0.4, 0.5) is 0 Å². The monoisotopic (exact) mass is 290 g/mol. The Kier molecular flexibility index (Phi) is 4.09. The van der Waals surface area contributed by atoms with Gasteiger partial charge in [0.1, 0.15) is 0 Å². The quantitative estimate of drug-likeness (QED) is 0.847. The van der Waals surface area contributed by atoms with Crippen molar-refractivity contribution in [2.45, 2.75) is 54.0 Å². The van der Waals surface area contributed by atoms with E-state index in [0.29, 0.717) is 12.2 Å². The van der Waals surface area contributed by atoms with Gasteiger partial charge in [0.15, 0.2) is 5.78 Å². The summed E-state index contributed by atoms with van der Waals surface area (Å²) in [6.45, 7) is 13.1. The summed E-state index contributed by atoms with van der Waals surface area (Å²) in [5.41, 5.74) is 3.70. The van der Waals surface area contributed by atoms with Crippen molar-refractivity contribution >= 4 is 5.78 Å². The molecule has 1 heterocycles. The van der Waals surface area contributed by atoms with Gasteiger partial charge < -0.3 is 9.47 Å². The average molecular weight is 290 g/mol. The van der Waals surface area contributed by atoms with Crippen LogP contribution in [0, 0.1) is 17.8 Å². The molecule has 21 heavy (non-hydrogen) atoms. The fourth-order valence-electron chi connectivity index (χ4n) is 3.76. The molecule has 3 heteroatoms. The second-order valence-corrected chi connectivity index (χ2v) is 8.58. The zero-order valence-electron chi connectivity index (χ0n) is 14.7. The molecule has 0 amide bonds. The van der Waals surface area contributed by atoms with E-state index in [-0.39, 0.29) is 10.8 Å². The third kappa shape index (κ3) is 3.57. The Balaban J connectivity index is 2.36. The molecule has 0 aromatic carbocycles. The molecule has 0 N–H and O–H groups in total. The van der Waals surface area contributed by atoms with Gasteiger partial charge in [-0.05, 0) is 44.3 Å². The molecule has 0 saturated heterocycles. The number of Topliss-reactive ketones (excluding diaryl/α,β-unsaturated/α-hetero) is 1. The van der Waals surface area contributed by atoms with Crippen LogP contribution >= 0.6 is 0 Å². The average Bonchev–Trinajstić information content (AvgIpc) is 2.53. The highest BCUT2D eigenvalue weighted by Gasteiger charge is 2.34. The summed E-state index contributed by atoms with van der Waals surface area (Å²) < 4.78 is 2.39. The first-order valence-electron chi connectivity index (χ1n) is 7.88. The fourth-order valence-corrected chi connectivity index (χ4v) is 3.76. The van der Waals surface area contributed by atoms with Crippen LogP contribution in [0.15, 0.2) is 6.07 Å². The SMILES string of the molecule is Cc1cc2c(n1CC(C)(C)CN(C)C)CC(C)(C)CC2=O. The van der Waals surface area contributed by atoms with E-state index in [1.807, 2.05) is 0 Å². The first-order valence-corrected chi connectivity index (χ1v) is 7.88. The van der Waals surface area contributed by atoms with Gasteiger partial charge in [0.05, 0.1) is 0 Å². The first kappa shape index (κ1) is 16.3. The predicted octanol–water partition coefficient (Wildman–Crippen LogP) is 3.54. The van der Waals surface area contributed by atoms with Crippen molar-refractivity contribution in [1.29, 1.82) is 0 Å². The molecule has 0 fully saturated rings. The normalized spacial score (nSPS) is 18.2. The smallest absolute Gasteiger partial charge is 0.165 e. The van der Waals surface area contributed by atoms with Crippen molar-refractivity contribution in [3.8, 4) is 0 Å². The van der Waals surface area contributed by atoms with Gasteiger partial charge in [0.25, 0.3) is 0 Å². The van der Waals surface area contributed by atoms with Gasteiger partial charge in [-0.1, -0.05) is 27.7 Å². The van der Waals surface area contributed by atoms with Gasteiger partial charge in [-0.2, -0.15) is 0 Å². The number of ketones is 1. The lowest BCUT2D eigenvalue weighted by atomic mass is 9.76. The van der Waals surface area contributed by atoms with E-state index in [1.165, 1.54) is 11.4 Å². The molecule has 1 aliphatic rings. The number of rotatable bonds is 4. The van der Waals surface area contributed by atoms with E-state index < -0.39 is 0 Å². The molecule has 1 aliphatic carbocycles. The standard InChI is InChI=1S/C18H30N2O/c1-13-8-14-15(9-17(2,3)10-16(14)21)20(13)12-18(4,5)11-19(6)7/h8H,9-12H2,1-7H3. The number of hydrogen-bond acceptors (Lipinski definition) is 2. The summed E-state index contributed by atoms with van der Waals surface area (Å²) in [6, 6.07) is 2.10. The summed E-state index contributed by atoms with van der Waals surface area (Å²) in [4.78, 5) is 14.6. The van der Waals surface area contributed by atoms with E-state index in [0.717, 1.165) is 25.1 Å². The van der Waals surface area contributed by atoms with Crippen molar-refractivity contribution in [2.24, 2.45) is 10.8 Å². The van der Waals surface area contributed by atoms with Gasteiger partial charge >= 0.3 is 0 Å². The molecule has 0 spiro atoms.